The SMILES string of the molecule is Cc1ccc(-c2cc(Cl)c(F)cc2O)cc1C. The largest absolute Gasteiger partial charge is 0.507 e. The highest BCUT2D eigenvalue weighted by molar-refractivity contribution is 6.31. The van der Waals surface area contributed by atoms with Gasteiger partial charge in [0.15, 0.2) is 0 Å². The molecule has 1 nitrogen and oxygen atoms in total. The van der Waals surface area contributed by atoms with E-state index in [0.29, 0.717) is 5.56 Å². The van der Waals surface area contributed by atoms with Crippen molar-refractivity contribution in [1.29, 1.82) is 0 Å². The highest BCUT2D eigenvalue weighted by Crippen LogP contribution is 2.34. The summed E-state index contributed by atoms with van der Waals surface area (Å²) in [6.45, 7) is 4.00. The smallest absolute Gasteiger partial charge is 0.145 e. The molecule has 0 spiro atoms. The second-order valence-corrected chi connectivity index (χ2v) is 4.49. The Morgan fingerprint density at radius 2 is 1.76 bits per heavy atom. The summed E-state index contributed by atoms with van der Waals surface area (Å²) in [5.74, 6) is -0.716. The van der Waals surface area contributed by atoms with Crippen LogP contribution in [0.4, 0.5) is 4.39 Å². The zero-order valence-corrected chi connectivity index (χ0v) is 10.3. The Hall–Kier alpha value is -1.54. The molecule has 88 valence electrons. The summed E-state index contributed by atoms with van der Waals surface area (Å²) in [7, 11) is 0. The first-order chi connectivity index (χ1) is 7.99. The van der Waals surface area contributed by atoms with Crippen LogP contribution in [0.1, 0.15) is 11.1 Å². The minimum absolute atomic E-state index is 0.0102. The van der Waals surface area contributed by atoms with Crippen LogP contribution in [0.5, 0.6) is 5.75 Å². The van der Waals surface area contributed by atoms with Crippen LogP contribution < -0.4 is 0 Å². The summed E-state index contributed by atoms with van der Waals surface area (Å²) in [5, 5.41) is 9.74. The second kappa shape index (κ2) is 4.38. The van der Waals surface area contributed by atoms with E-state index in [1.165, 1.54) is 11.6 Å². The predicted octanol–water partition coefficient (Wildman–Crippen LogP) is 4.47. The lowest BCUT2D eigenvalue weighted by Gasteiger charge is -2.08. The fourth-order valence-electron chi connectivity index (χ4n) is 1.68. The highest BCUT2D eigenvalue weighted by atomic mass is 35.5. The van der Waals surface area contributed by atoms with Crippen LogP contribution in [0, 0.1) is 19.7 Å². The lowest BCUT2D eigenvalue weighted by atomic mass is 10.00. The Labute approximate surface area is 104 Å². The number of hydrogen-bond acceptors (Lipinski definition) is 1. The van der Waals surface area contributed by atoms with Crippen molar-refractivity contribution in [3.8, 4) is 16.9 Å². The maximum atomic E-state index is 13.1. The van der Waals surface area contributed by atoms with E-state index in [1.807, 2.05) is 32.0 Å². The molecule has 0 saturated carbocycles. The number of benzene rings is 2. The summed E-state index contributed by atoms with van der Waals surface area (Å²) in [6.07, 6.45) is 0. The quantitative estimate of drug-likeness (QED) is 0.792. The van der Waals surface area contributed by atoms with Crippen molar-refractivity contribution in [3.05, 3.63) is 52.3 Å². The van der Waals surface area contributed by atoms with E-state index in [2.05, 4.69) is 0 Å². The molecule has 0 fully saturated rings. The van der Waals surface area contributed by atoms with Gasteiger partial charge in [0.25, 0.3) is 0 Å². The minimum atomic E-state index is -0.614. The van der Waals surface area contributed by atoms with Gasteiger partial charge in [-0.2, -0.15) is 0 Å². The zero-order chi connectivity index (χ0) is 12.6. The van der Waals surface area contributed by atoms with Gasteiger partial charge in [-0.25, -0.2) is 4.39 Å². The molecule has 2 rings (SSSR count). The van der Waals surface area contributed by atoms with Crippen molar-refractivity contribution < 1.29 is 9.50 Å². The van der Waals surface area contributed by atoms with Crippen molar-refractivity contribution in [2.45, 2.75) is 13.8 Å². The van der Waals surface area contributed by atoms with Crippen molar-refractivity contribution >= 4 is 11.6 Å². The first-order valence-electron chi connectivity index (χ1n) is 5.24. The van der Waals surface area contributed by atoms with E-state index < -0.39 is 5.82 Å². The van der Waals surface area contributed by atoms with Gasteiger partial charge in [0, 0.05) is 11.6 Å². The molecule has 0 radical (unpaired) electrons. The summed E-state index contributed by atoms with van der Waals surface area (Å²) >= 11 is 5.72. The average Bonchev–Trinajstić information content (AvgIpc) is 2.27. The van der Waals surface area contributed by atoms with Crippen LogP contribution in [-0.4, -0.2) is 5.11 Å². The second-order valence-electron chi connectivity index (χ2n) is 4.08. The van der Waals surface area contributed by atoms with Crippen molar-refractivity contribution in [1.82, 2.24) is 0 Å². The van der Waals surface area contributed by atoms with Crippen LogP contribution in [0.3, 0.4) is 0 Å². The van der Waals surface area contributed by atoms with Gasteiger partial charge in [-0.1, -0.05) is 29.8 Å². The van der Waals surface area contributed by atoms with Gasteiger partial charge in [0.05, 0.1) is 5.02 Å². The monoisotopic (exact) mass is 250 g/mol. The standard InChI is InChI=1S/C14H12ClFO/c1-8-3-4-10(5-9(8)2)11-6-12(15)13(16)7-14(11)17/h3-7,17H,1-2H3. The number of phenols is 1. The number of phenolic OH excluding ortho intramolecular Hbond substituents is 1. The van der Waals surface area contributed by atoms with Gasteiger partial charge in [-0.3, -0.25) is 0 Å². The van der Waals surface area contributed by atoms with Crippen molar-refractivity contribution in [2.24, 2.45) is 0 Å². The molecule has 2 aromatic carbocycles. The molecule has 0 heterocycles. The molecule has 0 aromatic heterocycles. The first kappa shape index (κ1) is 11.9. The van der Waals surface area contributed by atoms with Crippen LogP contribution in [-0.2, 0) is 0 Å². The van der Waals surface area contributed by atoms with Crippen LogP contribution in [0.2, 0.25) is 5.02 Å². The van der Waals surface area contributed by atoms with Crippen LogP contribution in [0.25, 0.3) is 11.1 Å². The number of aromatic hydroxyl groups is 1. The highest BCUT2D eigenvalue weighted by Gasteiger charge is 2.10. The molecule has 0 unspecified atom stereocenters. The summed E-state index contributed by atoms with van der Waals surface area (Å²) in [5.41, 5.74) is 3.65. The zero-order valence-electron chi connectivity index (χ0n) is 9.59. The number of rotatable bonds is 1. The molecule has 0 amide bonds. The molecule has 0 bridgehead atoms. The van der Waals surface area contributed by atoms with Crippen LogP contribution in [0.15, 0.2) is 30.3 Å². The topological polar surface area (TPSA) is 20.2 Å². The Balaban J connectivity index is 2.60. The van der Waals surface area contributed by atoms with E-state index in [1.54, 1.807) is 0 Å². The predicted molar refractivity (Wildman–Crippen MR) is 68.0 cm³/mol. The molecule has 0 aliphatic rings. The van der Waals surface area contributed by atoms with E-state index in [0.717, 1.165) is 17.2 Å². The lowest BCUT2D eigenvalue weighted by Crippen LogP contribution is -1.86. The molecular weight excluding hydrogens is 239 g/mol. The Kier molecular flexibility index (Phi) is 3.07. The third-order valence-corrected chi connectivity index (χ3v) is 3.15. The minimum Gasteiger partial charge on any atom is -0.507 e. The third kappa shape index (κ3) is 2.27. The molecule has 3 heteroatoms. The Morgan fingerprint density at radius 1 is 1.06 bits per heavy atom. The number of hydrogen-bond donors (Lipinski definition) is 1. The maximum absolute atomic E-state index is 13.1. The summed E-state index contributed by atoms with van der Waals surface area (Å²) in [4.78, 5) is 0. The van der Waals surface area contributed by atoms with Crippen molar-refractivity contribution in [2.75, 3.05) is 0 Å². The molecule has 1 N–H and O–H groups in total. The molecule has 0 atom stereocenters. The van der Waals surface area contributed by atoms with Crippen LogP contribution >= 0.6 is 11.6 Å². The van der Waals surface area contributed by atoms with Gasteiger partial charge >= 0.3 is 0 Å². The molecule has 0 aliphatic carbocycles. The lowest BCUT2D eigenvalue weighted by molar-refractivity contribution is 0.471. The van der Waals surface area contributed by atoms with E-state index in [9.17, 15) is 9.50 Å². The Bertz CT molecular complexity index is 579. The molecular formula is C14H12ClFO. The average molecular weight is 251 g/mol. The molecule has 0 aliphatic heterocycles. The molecule has 17 heavy (non-hydrogen) atoms. The van der Waals surface area contributed by atoms with Gasteiger partial charge < -0.3 is 5.11 Å². The van der Waals surface area contributed by atoms with E-state index >= 15 is 0 Å². The van der Waals surface area contributed by atoms with Crippen molar-refractivity contribution in [3.63, 3.8) is 0 Å². The maximum Gasteiger partial charge on any atom is 0.145 e. The Morgan fingerprint density at radius 3 is 2.41 bits per heavy atom. The fourth-order valence-corrected chi connectivity index (χ4v) is 1.84. The number of halogens is 2. The van der Waals surface area contributed by atoms with Gasteiger partial charge in [0.1, 0.15) is 11.6 Å². The van der Waals surface area contributed by atoms with Gasteiger partial charge in [-0.15, -0.1) is 0 Å². The van der Waals surface area contributed by atoms with Gasteiger partial charge in [0.2, 0.25) is 0 Å². The summed E-state index contributed by atoms with van der Waals surface area (Å²) in [6, 6.07) is 8.26. The fraction of sp³-hybridized carbons (Fsp3) is 0.143. The van der Waals surface area contributed by atoms with E-state index in [-0.39, 0.29) is 10.8 Å². The third-order valence-electron chi connectivity index (χ3n) is 2.86. The summed E-state index contributed by atoms with van der Waals surface area (Å²) < 4.78 is 13.1. The molecule has 0 saturated heterocycles. The first-order valence-corrected chi connectivity index (χ1v) is 5.62. The normalized spacial score (nSPS) is 10.6. The number of aryl methyl sites for hydroxylation is 2. The van der Waals surface area contributed by atoms with E-state index in [4.69, 9.17) is 11.6 Å². The van der Waals surface area contributed by atoms with Gasteiger partial charge in [-0.05, 0) is 36.6 Å². The molecule has 2 aromatic rings.